The third-order valence-electron chi connectivity index (χ3n) is 5.03. The van der Waals surface area contributed by atoms with Gasteiger partial charge < -0.3 is 10.3 Å². The molecule has 3 aromatic rings. The second-order valence-electron chi connectivity index (χ2n) is 7.21. The SMILES string of the molecule is Cc1ccc(C)c(C2CC(=O)Nc3nc(SCc4ccc(Cl)cc4)[nH]c(=O)c32)c1. The van der Waals surface area contributed by atoms with E-state index in [0.29, 0.717) is 27.3 Å². The lowest BCUT2D eigenvalue weighted by Crippen LogP contribution is -2.31. The number of benzene rings is 2. The Morgan fingerprint density at radius 1 is 1.14 bits per heavy atom. The molecule has 0 radical (unpaired) electrons. The molecule has 1 aromatic heterocycles. The second-order valence-corrected chi connectivity index (χ2v) is 8.61. The number of carbonyl (C=O) groups excluding carboxylic acids is 1. The van der Waals surface area contributed by atoms with E-state index in [4.69, 9.17) is 11.6 Å². The number of hydrogen-bond donors (Lipinski definition) is 2. The van der Waals surface area contributed by atoms with Crippen molar-refractivity contribution in [2.24, 2.45) is 0 Å². The zero-order valence-corrected chi connectivity index (χ0v) is 17.7. The summed E-state index contributed by atoms with van der Waals surface area (Å²) < 4.78 is 0. The van der Waals surface area contributed by atoms with Gasteiger partial charge in [-0.2, -0.15) is 0 Å². The Balaban J connectivity index is 1.67. The van der Waals surface area contributed by atoms with Crippen LogP contribution in [0.2, 0.25) is 5.02 Å². The van der Waals surface area contributed by atoms with Crippen LogP contribution in [0.25, 0.3) is 0 Å². The molecule has 1 amide bonds. The van der Waals surface area contributed by atoms with Crippen molar-refractivity contribution in [3.63, 3.8) is 0 Å². The molecule has 0 saturated carbocycles. The Hall–Kier alpha value is -2.57. The first-order valence-corrected chi connectivity index (χ1v) is 10.7. The molecule has 0 fully saturated rings. The number of fused-ring (bicyclic) bond motifs is 1. The fraction of sp³-hybridized carbons (Fsp3) is 0.227. The van der Waals surface area contributed by atoms with Crippen LogP contribution in [0.1, 0.15) is 40.2 Å². The number of halogens is 1. The highest BCUT2D eigenvalue weighted by Gasteiger charge is 2.31. The molecule has 0 saturated heterocycles. The van der Waals surface area contributed by atoms with Gasteiger partial charge in [0.1, 0.15) is 5.82 Å². The Bertz CT molecular complexity index is 1140. The minimum Gasteiger partial charge on any atom is -0.310 e. The zero-order valence-electron chi connectivity index (χ0n) is 16.1. The maximum Gasteiger partial charge on any atom is 0.257 e. The Kier molecular flexibility index (Phi) is 5.48. The Morgan fingerprint density at radius 3 is 2.66 bits per heavy atom. The molecule has 1 unspecified atom stereocenters. The van der Waals surface area contributed by atoms with E-state index >= 15 is 0 Å². The first-order valence-electron chi connectivity index (χ1n) is 9.29. The van der Waals surface area contributed by atoms with Crippen LogP contribution in [0.5, 0.6) is 0 Å². The summed E-state index contributed by atoms with van der Waals surface area (Å²) in [7, 11) is 0. The number of anilines is 1. The lowest BCUT2D eigenvalue weighted by Gasteiger charge is -2.26. The van der Waals surface area contributed by atoms with Crippen molar-refractivity contribution in [2.75, 3.05) is 5.32 Å². The summed E-state index contributed by atoms with van der Waals surface area (Å²) in [6.45, 7) is 4.00. The van der Waals surface area contributed by atoms with Crippen molar-refractivity contribution in [3.8, 4) is 0 Å². The van der Waals surface area contributed by atoms with Crippen LogP contribution in [-0.2, 0) is 10.5 Å². The molecular formula is C22H20ClN3O2S. The number of rotatable bonds is 4. The molecule has 0 spiro atoms. The molecule has 2 aromatic carbocycles. The van der Waals surface area contributed by atoms with Crippen LogP contribution in [0.4, 0.5) is 5.82 Å². The van der Waals surface area contributed by atoms with Gasteiger partial charge in [-0.15, -0.1) is 0 Å². The summed E-state index contributed by atoms with van der Waals surface area (Å²) in [6, 6.07) is 13.6. The maximum absolute atomic E-state index is 12.9. The molecule has 1 aliphatic rings. The predicted octanol–water partition coefficient (Wildman–Crippen LogP) is 4.81. The molecule has 0 bridgehead atoms. The number of hydrogen-bond acceptors (Lipinski definition) is 4. The van der Waals surface area contributed by atoms with Crippen LogP contribution < -0.4 is 10.9 Å². The summed E-state index contributed by atoms with van der Waals surface area (Å²) >= 11 is 7.33. The van der Waals surface area contributed by atoms with Crippen LogP contribution in [0.15, 0.2) is 52.4 Å². The van der Waals surface area contributed by atoms with Gasteiger partial charge in [-0.3, -0.25) is 9.59 Å². The molecule has 1 aliphatic heterocycles. The minimum atomic E-state index is -0.301. The number of aromatic amines is 1. The van der Waals surface area contributed by atoms with Crippen molar-refractivity contribution < 1.29 is 4.79 Å². The van der Waals surface area contributed by atoms with Crippen molar-refractivity contribution >= 4 is 35.1 Å². The number of nitrogens with zero attached hydrogens (tertiary/aromatic N) is 1. The smallest absolute Gasteiger partial charge is 0.257 e. The van der Waals surface area contributed by atoms with Gasteiger partial charge in [0.25, 0.3) is 5.56 Å². The largest absolute Gasteiger partial charge is 0.310 e. The van der Waals surface area contributed by atoms with Gasteiger partial charge in [0.2, 0.25) is 5.91 Å². The van der Waals surface area contributed by atoms with E-state index in [0.717, 1.165) is 22.3 Å². The average molecular weight is 426 g/mol. The lowest BCUT2D eigenvalue weighted by molar-refractivity contribution is -0.116. The maximum atomic E-state index is 12.9. The first kappa shape index (κ1) is 19.7. The summed E-state index contributed by atoms with van der Waals surface area (Å²) in [4.78, 5) is 32.7. The van der Waals surface area contributed by atoms with Gasteiger partial charge in [-0.05, 0) is 42.7 Å². The number of nitrogens with one attached hydrogen (secondary N) is 2. The quantitative estimate of drug-likeness (QED) is 0.464. The van der Waals surface area contributed by atoms with Crippen molar-refractivity contribution in [2.45, 2.75) is 37.1 Å². The van der Waals surface area contributed by atoms with E-state index in [-0.39, 0.29) is 23.8 Å². The van der Waals surface area contributed by atoms with Gasteiger partial charge in [-0.1, -0.05) is 59.3 Å². The van der Waals surface area contributed by atoms with Crippen molar-refractivity contribution in [3.05, 3.63) is 85.7 Å². The molecule has 148 valence electrons. The molecule has 5 nitrogen and oxygen atoms in total. The molecule has 1 atom stereocenters. The van der Waals surface area contributed by atoms with Gasteiger partial charge in [0.15, 0.2) is 5.16 Å². The van der Waals surface area contributed by atoms with Crippen LogP contribution >= 0.6 is 23.4 Å². The third kappa shape index (κ3) is 4.23. The molecule has 2 N–H and O–H groups in total. The number of thioether (sulfide) groups is 1. The average Bonchev–Trinajstić information content (AvgIpc) is 2.68. The van der Waals surface area contributed by atoms with Crippen LogP contribution in [0.3, 0.4) is 0 Å². The fourth-order valence-electron chi connectivity index (χ4n) is 3.55. The molecule has 0 aliphatic carbocycles. The van der Waals surface area contributed by atoms with E-state index < -0.39 is 0 Å². The number of amides is 1. The summed E-state index contributed by atoms with van der Waals surface area (Å²) in [5.41, 5.74) is 4.53. The highest BCUT2D eigenvalue weighted by Crippen LogP contribution is 2.36. The fourth-order valence-corrected chi connectivity index (χ4v) is 4.49. The number of H-pyrrole nitrogens is 1. The standard InChI is InChI=1S/C22H20ClN3O2S/c1-12-3-4-13(2)16(9-12)17-10-18(27)24-20-19(17)21(28)26-22(25-20)29-11-14-5-7-15(23)8-6-14/h3-9,17H,10-11H2,1-2H3,(H2,24,25,26,27,28). The first-order chi connectivity index (χ1) is 13.9. The van der Waals surface area contributed by atoms with Gasteiger partial charge in [0.05, 0.1) is 5.56 Å². The summed E-state index contributed by atoms with van der Waals surface area (Å²) in [6.07, 6.45) is 0.235. The normalized spacial score (nSPS) is 15.7. The van der Waals surface area contributed by atoms with Crippen molar-refractivity contribution in [1.82, 2.24) is 9.97 Å². The van der Waals surface area contributed by atoms with Gasteiger partial charge >= 0.3 is 0 Å². The summed E-state index contributed by atoms with van der Waals surface area (Å²) in [5, 5.41) is 3.94. The third-order valence-corrected chi connectivity index (χ3v) is 6.22. The number of aryl methyl sites for hydroxylation is 2. The molecule has 29 heavy (non-hydrogen) atoms. The van der Waals surface area contributed by atoms with E-state index in [1.165, 1.54) is 11.8 Å². The van der Waals surface area contributed by atoms with E-state index in [9.17, 15) is 9.59 Å². The Labute approximate surface area is 177 Å². The number of carbonyl (C=O) groups is 1. The van der Waals surface area contributed by atoms with E-state index in [1.807, 2.05) is 56.3 Å². The minimum absolute atomic E-state index is 0.129. The van der Waals surface area contributed by atoms with Gasteiger partial charge in [0, 0.05) is 23.1 Å². The van der Waals surface area contributed by atoms with E-state index in [1.54, 1.807) is 0 Å². The topological polar surface area (TPSA) is 74.8 Å². The predicted molar refractivity (Wildman–Crippen MR) is 117 cm³/mol. The molecular weight excluding hydrogens is 406 g/mol. The highest BCUT2D eigenvalue weighted by molar-refractivity contribution is 7.98. The monoisotopic (exact) mass is 425 g/mol. The molecule has 2 heterocycles. The second kappa shape index (κ2) is 8.05. The van der Waals surface area contributed by atoms with E-state index in [2.05, 4.69) is 15.3 Å². The highest BCUT2D eigenvalue weighted by atomic mass is 35.5. The van der Waals surface area contributed by atoms with Crippen LogP contribution in [0, 0.1) is 13.8 Å². The lowest BCUT2D eigenvalue weighted by atomic mass is 9.84. The number of aromatic nitrogens is 2. The zero-order chi connectivity index (χ0) is 20.5. The van der Waals surface area contributed by atoms with Gasteiger partial charge in [-0.25, -0.2) is 4.98 Å². The molecule has 4 rings (SSSR count). The van der Waals surface area contributed by atoms with Crippen LogP contribution in [-0.4, -0.2) is 15.9 Å². The molecule has 7 heteroatoms. The van der Waals surface area contributed by atoms with Crippen molar-refractivity contribution in [1.29, 1.82) is 0 Å². The summed E-state index contributed by atoms with van der Waals surface area (Å²) in [5.74, 6) is 0.558. The Morgan fingerprint density at radius 2 is 1.90 bits per heavy atom.